The van der Waals surface area contributed by atoms with E-state index in [4.69, 9.17) is 26.2 Å². The van der Waals surface area contributed by atoms with E-state index < -0.39 is 5.97 Å². The zero-order valence-corrected chi connectivity index (χ0v) is 19.3. The zero-order valence-electron chi connectivity index (χ0n) is 18.5. The minimum absolute atomic E-state index is 0.211. The summed E-state index contributed by atoms with van der Waals surface area (Å²) in [5.41, 5.74) is 2.44. The molecule has 3 aromatic carbocycles. The molecule has 0 bridgehead atoms. The molecule has 0 amide bonds. The first kappa shape index (κ1) is 23.3. The maximum absolute atomic E-state index is 10.9. The number of carbonyl (C=O) groups is 1. The van der Waals surface area contributed by atoms with Crippen LogP contribution in [0.4, 0.5) is 0 Å². The predicted molar refractivity (Wildman–Crippen MR) is 131 cm³/mol. The second-order valence-corrected chi connectivity index (χ2v) is 8.24. The fraction of sp³-hybridized carbons (Fsp3) is 0.111. The largest absolute Gasteiger partial charge is 0.478 e. The van der Waals surface area contributed by atoms with Crippen molar-refractivity contribution >= 4 is 17.6 Å². The van der Waals surface area contributed by atoms with Gasteiger partial charge in [0.1, 0.15) is 17.2 Å². The highest BCUT2D eigenvalue weighted by atomic mass is 35.5. The van der Waals surface area contributed by atoms with Crippen LogP contribution in [0.25, 0.3) is 0 Å². The number of benzene rings is 3. The van der Waals surface area contributed by atoms with Crippen LogP contribution in [-0.4, -0.2) is 28.0 Å². The molecule has 4 rings (SSSR count). The molecule has 0 fully saturated rings. The number of halogens is 1. The second-order valence-electron chi connectivity index (χ2n) is 7.81. The Morgan fingerprint density at radius 1 is 0.794 bits per heavy atom. The second kappa shape index (κ2) is 10.8. The summed E-state index contributed by atoms with van der Waals surface area (Å²) >= 11 is 5.91. The third kappa shape index (κ3) is 6.57. The molecular weight excluding hydrogens is 452 g/mol. The van der Waals surface area contributed by atoms with Gasteiger partial charge >= 0.3 is 5.97 Å². The number of hydrogen-bond acceptors (Lipinski definition) is 5. The van der Waals surface area contributed by atoms with Crippen LogP contribution in [0.1, 0.15) is 21.5 Å². The van der Waals surface area contributed by atoms with E-state index in [-0.39, 0.29) is 5.56 Å². The van der Waals surface area contributed by atoms with E-state index in [0.29, 0.717) is 16.7 Å². The van der Waals surface area contributed by atoms with Crippen molar-refractivity contribution in [2.45, 2.75) is 13.1 Å². The van der Waals surface area contributed by atoms with Gasteiger partial charge in [-0.1, -0.05) is 29.8 Å². The fourth-order valence-corrected chi connectivity index (χ4v) is 3.46. The van der Waals surface area contributed by atoms with E-state index in [0.717, 1.165) is 30.2 Å². The normalized spacial score (nSPS) is 10.8. The SMILES string of the molecule is CN(Cc1ccc(Oc2ccc(Cl)cc2)cc1)Cc1ccc(Oc2ccc(C(=O)O)cc2)nc1. The molecule has 0 aliphatic rings. The Labute approximate surface area is 203 Å². The molecule has 1 N–H and O–H groups in total. The van der Waals surface area contributed by atoms with E-state index in [1.807, 2.05) is 49.5 Å². The standard InChI is InChI=1S/C27H23ClN2O4/c1-30(17-19-2-9-23(10-3-19)33-24-13-7-22(28)8-14-24)18-20-4-15-26(29-16-20)34-25-11-5-21(6-12-25)27(31)32/h2-16H,17-18H2,1H3,(H,31,32). The van der Waals surface area contributed by atoms with Gasteiger partial charge in [0.25, 0.3) is 0 Å². The molecule has 0 unspecified atom stereocenters. The number of pyridine rings is 1. The van der Waals surface area contributed by atoms with Crippen molar-refractivity contribution in [3.8, 4) is 23.1 Å². The quantitative estimate of drug-likeness (QED) is 0.293. The van der Waals surface area contributed by atoms with Gasteiger partial charge in [0.15, 0.2) is 0 Å². The summed E-state index contributed by atoms with van der Waals surface area (Å²) in [4.78, 5) is 17.5. The maximum atomic E-state index is 10.9. The van der Waals surface area contributed by atoms with Crippen LogP contribution in [0, 0.1) is 0 Å². The first-order chi connectivity index (χ1) is 16.4. The molecule has 0 spiro atoms. The van der Waals surface area contributed by atoms with Gasteiger partial charge in [-0.2, -0.15) is 0 Å². The van der Waals surface area contributed by atoms with Crippen molar-refractivity contribution in [1.29, 1.82) is 0 Å². The summed E-state index contributed by atoms with van der Waals surface area (Å²) in [6, 6.07) is 25.3. The molecule has 0 atom stereocenters. The highest BCUT2D eigenvalue weighted by molar-refractivity contribution is 6.30. The van der Waals surface area contributed by atoms with E-state index in [1.54, 1.807) is 36.5 Å². The summed E-state index contributed by atoms with van der Waals surface area (Å²) in [6.07, 6.45) is 1.78. The van der Waals surface area contributed by atoms with Crippen molar-refractivity contribution < 1.29 is 19.4 Å². The number of rotatable bonds is 9. The lowest BCUT2D eigenvalue weighted by Crippen LogP contribution is -2.17. The van der Waals surface area contributed by atoms with E-state index in [2.05, 4.69) is 9.88 Å². The summed E-state index contributed by atoms with van der Waals surface area (Å²) in [7, 11) is 2.05. The maximum Gasteiger partial charge on any atom is 0.335 e. The van der Waals surface area contributed by atoms with Crippen LogP contribution in [0.2, 0.25) is 5.02 Å². The average molecular weight is 475 g/mol. The first-order valence-corrected chi connectivity index (χ1v) is 11.0. The van der Waals surface area contributed by atoms with E-state index >= 15 is 0 Å². The molecule has 0 saturated heterocycles. The summed E-state index contributed by atoms with van der Waals surface area (Å²) in [6.45, 7) is 1.50. The van der Waals surface area contributed by atoms with E-state index in [1.165, 1.54) is 17.7 Å². The Balaban J connectivity index is 1.28. The number of hydrogen-bond donors (Lipinski definition) is 1. The minimum Gasteiger partial charge on any atom is -0.478 e. The molecule has 7 heteroatoms. The molecule has 0 aliphatic carbocycles. The Morgan fingerprint density at radius 2 is 1.32 bits per heavy atom. The highest BCUT2D eigenvalue weighted by Gasteiger charge is 2.06. The van der Waals surface area contributed by atoms with E-state index in [9.17, 15) is 4.79 Å². The molecule has 4 aromatic rings. The van der Waals surface area contributed by atoms with Crippen LogP contribution in [0.15, 0.2) is 91.1 Å². The third-order valence-corrected chi connectivity index (χ3v) is 5.25. The number of aromatic nitrogens is 1. The molecule has 1 heterocycles. The highest BCUT2D eigenvalue weighted by Crippen LogP contribution is 2.24. The zero-order chi connectivity index (χ0) is 23.9. The Kier molecular flexibility index (Phi) is 7.42. The number of ether oxygens (including phenoxy) is 2. The van der Waals surface area contributed by atoms with Gasteiger partial charge < -0.3 is 14.6 Å². The number of aromatic carboxylic acids is 1. The van der Waals surface area contributed by atoms with Crippen LogP contribution >= 0.6 is 11.6 Å². The van der Waals surface area contributed by atoms with Crippen LogP contribution in [0.3, 0.4) is 0 Å². The Morgan fingerprint density at radius 3 is 1.91 bits per heavy atom. The van der Waals surface area contributed by atoms with Gasteiger partial charge in [-0.05, 0) is 78.8 Å². The van der Waals surface area contributed by atoms with Crippen LogP contribution in [-0.2, 0) is 13.1 Å². The molecule has 1 aromatic heterocycles. The number of carboxylic acids is 1. The first-order valence-electron chi connectivity index (χ1n) is 10.6. The Hall–Kier alpha value is -3.87. The fourth-order valence-electron chi connectivity index (χ4n) is 3.33. The molecule has 172 valence electrons. The molecule has 0 saturated carbocycles. The van der Waals surface area contributed by atoms with Gasteiger partial charge in [-0.3, -0.25) is 4.90 Å². The minimum atomic E-state index is -0.972. The molecular formula is C27H23ClN2O4. The van der Waals surface area contributed by atoms with Crippen molar-refractivity contribution in [3.63, 3.8) is 0 Å². The van der Waals surface area contributed by atoms with Crippen molar-refractivity contribution in [3.05, 3.63) is 113 Å². The third-order valence-electron chi connectivity index (χ3n) is 5.00. The van der Waals surface area contributed by atoms with Gasteiger partial charge in [0.05, 0.1) is 5.56 Å². The van der Waals surface area contributed by atoms with Gasteiger partial charge in [0, 0.05) is 30.4 Å². The summed E-state index contributed by atoms with van der Waals surface area (Å²) in [5.74, 6) is 1.52. The molecule has 0 radical (unpaired) electrons. The van der Waals surface area contributed by atoms with Crippen molar-refractivity contribution in [1.82, 2.24) is 9.88 Å². The average Bonchev–Trinajstić information content (AvgIpc) is 2.83. The van der Waals surface area contributed by atoms with Gasteiger partial charge in [-0.25, -0.2) is 9.78 Å². The lowest BCUT2D eigenvalue weighted by atomic mass is 10.2. The van der Waals surface area contributed by atoms with Crippen molar-refractivity contribution in [2.75, 3.05) is 7.05 Å². The lowest BCUT2D eigenvalue weighted by molar-refractivity contribution is 0.0697. The van der Waals surface area contributed by atoms with Gasteiger partial charge in [0.2, 0.25) is 5.88 Å². The summed E-state index contributed by atoms with van der Waals surface area (Å²) < 4.78 is 11.5. The topological polar surface area (TPSA) is 71.9 Å². The molecule has 34 heavy (non-hydrogen) atoms. The smallest absolute Gasteiger partial charge is 0.335 e. The molecule has 6 nitrogen and oxygen atoms in total. The monoisotopic (exact) mass is 474 g/mol. The van der Waals surface area contributed by atoms with Crippen molar-refractivity contribution in [2.24, 2.45) is 0 Å². The van der Waals surface area contributed by atoms with Crippen LogP contribution in [0.5, 0.6) is 23.1 Å². The summed E-state index contributed by atoms with van der Waals surface area (Å²) in [5, 5.41) is 9.65. The van der Waals surface area contributed by atoms with Crippen LogP contribution < -0.4 is 9.47 Å². The molecule has 0 aliphatic heterocycles. The lowest BCUT2D eigenvalue weighted by Gasteiger charge is -2.17. The number of carboxylic acid groups (broad SMARTS) is 1. The Bertz CT molecular complexity index is 1230. The van der Waals surface area contributed by atoms with Gasteiger partial charge in [-0.15, -0.1) is 0 Å². The predicted octanol–water partition coefficient (Wildman–Crippen LogP) is 6.65. The number of nitrogens with zero attached hydrogens (tertiary/aromatic N) is 2.